The van der Waals surface area contributed by atoms with Gasteiger partial charge in [-0.1, -0.05) is 18.2 Å². The Hall–Kier alpha value is -1.96. The molecule has 4 heteroatoms. The molecule has 0 aliphatic carbocycles. The Balaban J connectivity index is 1.99. The van der Waals surface area contributed by atoms with Crippen LogP contribution < -0.4 is 14.9 Å². The second-order valence-corrected chi connectivity index (χ2v) is 7.07. The van der Waals surface area contributed by atoms with Crippen molar-refractivity contribution in [3.05, 3.63) is 71.8 Å². The molecule has 120 valence electrons. The quantitative estimate of drug-likeness (QED) is 0.409. The average molecular weight is 351 g/mol. The van der Waals surface area contributed by atoms with Crippen molar-refractivity contribution >= 4 is 44.2 Å². The molecule has 0 saturated heterocycles. The molecular weight excluding hydrogens is 333 g/mol. The van der Waals surface area contributed by atoms with E-state index in [9.17, 15) is 0 Å². The van der Waals surface area contributed by atoms with E-state index >= 15 is 0 Å². The monoisotopic (exact) mass is 351 g/mol. The maximum Gasteiger partial charge on any atom is 0.142 e. The van der Waals surface area contributed by atoms with E-state index < -0.39 is 0 Å². The van der Waals surface area contributed by atoms with Crippen molar-refractivity contribution in [2.45, 2.75) is 11.3 Å². The van der Waals surface area contributed by atoms with Gasteiger partial charge in [-0.05, 0) is 58.9 Å². The van der Waals surface area contributed by atoms with Crippen LogP contribution in [0.4, 0.5) is 17.1 Å². The lowest BCUT2D eigenvalue weighted by Crippen LogP contribution is -2.20. The summed E-state index contributed by atoms with van der Waals surface area (Å²) in [6.07, 6.45) is 0.910. The zero-order valence-corrected chi connectivity index (χ0v) is 15.4. The molecule has 0 saturated carbocycles. The fourth-order valence-electron chi connectivity index (χ4n) is 3.31. The molecule has 1 atom stereocenters. The highest BCUT2D eigenvalue weighted by Gasteiger charge is 2.26. The number of anilines is 3. The lowest BCUT2D eigenvalue weighted by atomic mass is 9.95. The van der Waals surface area contributed by atoms with E-state index in [2.05, 4.69) is 63.2 Å². The van der Waals surface area contributed by atoms with Gasteiger partial charge in [0.2, 0.25) is 0 Å². The van der Waals surface area contributed by atoms with Crippen molar-refractivity contribution in [2.75, 3.05) is 12.0 Å². The van der Waals surface area contributed by atoms with Gasteiger partial charge >= 0.3 is 0 Å². The van der Waals surface area contributed by atoms with Crippen LogP contribution in [0.2, 0.25) is 0 Å². The van der Waals surface area contributed by atoms with Gasteiger partial charge in [0.05, 0.1) is 12.8 Å². The first kappa shape index (κ1) is 15.6. The summed E-state index contributed by atoms with van der Waals surface area (Å²) in [6, 6.07) is 21.0. The summed E-state index contributed by atoms with van der Waals surface area (Å²) in [7, 11) is 4.50. The molecule has 2 nitrogen and oxygen atoms in total. The van der Waals surface area contributed by atoms with Crippen molar-refractivity contribution in [1.29, 1.82) is 0 Å². The van der Waals surface area contributed by atoms with E-state index in [0.29, 0.717) is 0 Å². The number of benzene rings is 3. The fraction of sp³-hybridized carbons (Fsp3) is 0.100. The van der Waals surface area contributed by atoms with Crippen LogP contribution in [0.5, 0.6) is 5.75 Å². The van der Waals surface area contributed by atoms with Gasteiger partial charge in [-0.2, -0.15) is 0 Å². The van der Waals surface area contributed by atoms with Gasteiger partial charge < -0.3 is 9.64 Å². The van der Waals surface area contributed by atoms with Gasteiger partial charge in [0.15, 0.2) is 0 Å². The topological polar surface area (TPSA) is 12.5 Å². The number of ether oxygens (including phenoxy) is 1. The SMILES string of the molecule is COc1ccccc1N1c2ccc(P)cc2Cc2cc(S)ccc21. The molecule has 3 aromatic rings. The van der Waals surface area contributed by atoms with Crippen LogP contribution in [0.25, 0.3) is 0 Å². The molecule has 0 bridgehead atoms. The van der Waals surface area contributed by atoms with Crippen molar-refractivity contribution < 1.29 is 4.74 Å². The van der Waals surface area contributed by atoms with Gasteiger partial charge in [-0.3, -0.25) is 0 Å². The Kier molecular flexibility index (Phi) is 3.99. The summed E-state index contributed by atoms with van der Waals surface area (Å²) in [5.41, 5.74) is 6.01. The van der Waals surface area contributed by atoms with Crippen LogP contribution in [0.15, 0.2) is 65.6 Å². The zero-order valence-electron chi connectivity index (χ0n) is 13.4. The standard InChI is InChI=1S/C20H18NOPS/c1-22-20-5-3-2-4-19(20)21-17-8-6-15(23)11-13(17)10-14-12-16(24)7-9-18(14)21/h2-9,11-12,24H,10,23H2,1H3. The average Bonchev–Trinajstić information content (AvgIpc) is 2.59. The predicted octanol–water partition coefficient (Wildman–Crippen LogP) is 4.86. The molecule has 1 heterocycles. The van der Waals surface area contributed by atoms with E-state index in [0.717, 1.165) is 22.8 Å². The minimum absolute atomic E-state index is 0.862. The first-order valence-corrected chi connectivity index (χ1v) is 8.83. The number of nitrogens with zero attached hydrogens (tertiary/aromatic N) is 1. The summed E-state index contributed by atoms with van der Waals surface area (Å²) < 4.78 is 5.62. The van der Waals surface area contributed by atoms with E-state index in [1.807, 2.05) is 24.3 Å². The van der Waals surface area contributed by atoms with E-state index in [-0.39, 0.29) is 0 Å². The second-order valence-electron chi connectivity index (χ2n) is 5.89. The maximum atomic E-state index is 5.62. The molecule has 0 spiro atoms. The number of thiol groups is 1. The van der Waals surface area contributed by atoms with Crippen molar-refractivity contribution in [1.82, 2.24) is 0 Å². The van der Waals surface area contributed by atoms with Gasteiger partial charge in [0.1, 0.15) is 5.75 Å². The molecule has 1 aliphatic rings. The van der Waals surface area contributed by atoms with E-state index in [1.165, 1.54) is 27.8 Å². The van der Waals surface area contributed by atoms with E-state index in [4.69, 9.17) is 4.74 Å². The maximum absolute atomic E-state index is 5.62. The number of hydrogen-bond acceptors (Lipinski definition) is 3. The molecule has 0 fully saturated rings. The van der Waals surface area contributed by atoms with Crippen LogP contribution in [0, 0.1) is 0 Å². The molecule has 24 heavy (non-hydrogen) atoms. The minimum atomic E-state index is 0.862. The van der Waals surface area contributed by atoms with Gasteiger partial charge in [0, 0.05) is 22.7 Å². The lowest BCUT2D eigenvalue weighted by Gasteiger charge is -2.34. The second kappa shape index (κ2) is 6.16. The molecule has 4 rings (SSSR count). The number of fused-ring (bicyclic) bond motifs is 2. The minimum Gasteiger partial charge on any atom is -0.495 e. The summed E-state index contributed by atoms with van der Waals surface area (Å²) in [5, 5.41) is 1.19. The summed E-state index contributed by atoms with van der Waals surface area (Å²) >= 11 is 4.52. The molecule has 0 amide bonds. The highest BCUT2D eigenvalue weighted by Crippen LogP contribution is 2.46. The zero-order chi connectivity index (χ0) is 16.7. The molecule has 3 aromatic carbocycles. The molecular formula is C20H18NOPS. The summed E-state index contributed by atoms with van der Waals surface area (Å²) in [4.78, 5) is 3.27. The summed E-state index contributed by atoms with van der Waals surface area (Å²) in [6.45, 7) is 0. The third-order valence-corrected chi connectivity index (χ3v) is 4.99. The van der Waals surface area contributed by atoms with Crippen LogP contribution >= 0.6 is 21.9 Å². The van der Waals surface area contributed by atoms with E-state index in [1.54, 1.807) is 7.11 Å². The number of hydrogen-bond donors (Lipinski definition) is 1. The molecule has 0 N–H and O–H groups in total. The normalized spacial score (nSPS) is 12.5. The molecule has 1 aliphatic heterocycles. The third kappa shape index (κ3) is 2.58. The summed E-state index contributed by atoms with van der Waals surface area (Å²) in [5.74, 6) is 0.862. The number of methoxy groups -OCH3 is 1. The Labute approximate surface area is 150 Å². The fourth-order valence-corrected chi connectivity index (χ4v) is 3.83. The van der Waals surface area contributed by atoms with Crippen LogP contribution in [0.3, 0.4) is 0 Å². The van der Waals surface area contributed by atoms with Crippen molar-refractivity contribution in [2.24, 2.45) is 0 Å². The first-order chi connectivity index (χ1) is 11.7. The van der Waals surface area contributed by atoms with Gasteiger partial charge in [-0.15, -0.1) is 21.9 Å². The molecule has 0 radical (unpaired) electrons. The van der Waals surface area contributed by atoms with Crippen molar-refractivity contribution in [3.63, 3.8) is 0 Å². The smallest absolute Gasteiger partial charge is 0.142 e. The number of para-hydroxylation sites is 2. The highest BCUT2D eigenvalue weighted by molar-refractivity contribution is 7.80. The Morgan fingerprint density at radius 1 is 0.917 bits per heavy atom. The lowest BCUT2D eigenvalue weighted by molar-refractivity contribution is 0.416. The highest BCUT2D eigenvalue weighted by atomic mass is 32.1. The van der Waals surface area contributed by atoms with Crippen LogP contribution in [-0.4, -0.2) is 7.11 Å². The van der Waals surface area contributed by atoms with Gasteiger partial charge in [-0.25, -0.2) is 0 Å². The first-order valence-electron chi connectivity index (χ1n) is 7.81. The third-order valence-electron chi connectivity index (χ3n) is 4.36. The van der Waals surface area contributed by atoms with Crippen molar-refractivity contribution in [3.8, 4) is 5.75 Å². The van der Waals surface area contributed by atoms with Crippen LogP contribution in [0.1, 0.15) is 11.1 Å². The Morgan fingerprint density at radius 2 is 1.62 bits per heavy atom. The number of rotatable bonds is 2. The Bertz CT molecular complexity index is 874. The van der Waals surface area contributed by atoms with Gasteiger partial charge in [0.25, 0.3) is 0 Å². The van der Waals surface area contributed by atoms with Crippen LogP contribution in [-0.2, 0) is 6.42 Å². The molecule has 1 unspecified atom stereocenters. The molecule has 0 aromatic heterocycles. The Morgan fingerprint density at radius 3 is 2.42 bits per heavy atom. The predicted molar refractivity (Wildman–Crippen MR) is 107 cm³/mol. The largest absolute Gasteiger partial charge is 0.495 e.